The maximum absolute atomic E-state index is 12.6. The van der Waals surface area contributed by atoms with E-state index in [0.717, 1.165) is 28.8 Å². The summed E-state index contributed by atoms with van der Waals surface area (Å²) in [5.41, 5.74) is 3.58. The number of aryl methyl sites for hydroxylation is 1. The van der Waals surface area contributed by atoms with E-state index >= 15 is 0 Å². The number of carbonyl (C=O) groups is 1. The lowest BCUT2D eigenvalue weighted by Crippen LogP contribution is -2.14. The van der Waals surface area contributed by atoms with Crippen LogP contribution in [-0.2, 0) is 17.8 Å². The van der Waals surface area contributed by atoms with E-state index in [1.165, 1.54) is 0 Å². The van der Waals surface area contributed by atoms with Gasteiger partial charge in [0.2, 0.25) is 0 Å². The van der Waals surface area contributed by atoms with Crippen LogP contribution in [0.2, 0.25) is 0 Å². The molecule has 4 nitrogen and oxygen atoms in total. The van der Waals surface area contributed by atoms with Crippen LogP contribution in [0.3, 0.4) is 0 Å². The van der Waals surface area contributed by atoms with Crippen LogP contribution in [0.15, 0.2) is 84.4 Å². The summed E-state index contributed by atoms with van der Waals surface area (Å²) in [4.78, 5) is 12.6. The highest BCUT2D eigenvalue weighted by Crippen LogP contribution is 2.19. The van der Waals surface area contributed by atoms with Crippen LogP contribution >= 0.6 is 0 Å². The van der Waals surface area contributed by atoms with Gasteiger partial charge in [0, 0.05) is 5.69 Å². The monoisotopic (exact) mass is 382 g/mol. The number of carbonyl (C=O) groups excluding carboxylic acids is 1. The van der Waals surface area contributed by atoms with Gasteiger partial charge in [-0.2, -0.15) is 5.26 Å². The molecule has 4 heteroatoms. The molecule has 0 saturated heterocycles. The number of hydrogen-bond acceptors (Lipinski definition) is 3. The zero-order valence-electron chi connectivity index (χ0n) is 16.3. The lowest BCUT2D eigenvalue weighted by Gasteiger charge is -2.09. The Labute approximate surface area is 171 Å². The van der Waals surface area contributed by atoms with Crippen molar-refractivity contribution in [3.05, 3.63) is 101 Å². The van der Waals surface area contributed by atoms with E-state index in [4.69, 9.17) is 4.74 Å². The predicted octanol–water partition coefficient (Wildman–Crippen LogP) is 5.37. The minimum absolute atomic E-state index is 0.0381. The average molecular weight is 382 g/mol. The van der Waals surface area contributed by atoms with Gasteiger partial charge >= 0.3 is 0 Å². The highest BCUT2D eigenvalue weighted by atomic mass is 16.5. The summed E-state index contributed by atoms with van der Waals surface area (Å²) in [6, 6.07) is 26.8. The van der Waals surface area contributed by atoms with Gasteiger partial charge in [0.1, 0.15) is 24.0 Å². The fraction of sp³-hybridized carbons (Fsp3) is 0.120. The molecular weight excluding hydrogens is 360 g/mol. The number of benzene rings is 3. The molecule has 0 radical (unpaired) electrons. The Morgan fingerprint density at radius 2 is 1.79 bits per heavy atom. The molecule has 0 fully saturated rings. The summed E-state index contributed by atoms with van der Waals surface area (Å²) in [7, 11) is 0. The number of ether oxygens (including phenoxy) is 1. The van der Waals surface area contributed by atoms with E-state index < -0.39 is 5.91 Å². The average Bonchev–Trinajstić information content (AvgIpc) is 2.77. The first-order valence-corrected chi connectivity index (χ1v) is 9.47. The van der Waals surface area contributed by atoms with Crippen LogP contribution in [0.25, 0.3) is 6.08 Å². The molecule has 1 amide bonds. The van der Waals surface area contributed by atoms with Crippen molar-refractivity contribution in [1.29, 1.82) is 5.26 Å². The Bertz CT molecular complexity index is 1050. The topological polar surface area (TPSA) is 62.1 Å². The summed E-state index contributed by atoms with van der Waals surface area (Å²) >= 11 is 0. The van der Waals surface area contributed by atoms with Crippen molar-refractivity contribution in [1.82, 2.24) is 0 Å². The van der Waals surface area contributed by atoms with Crippen molar-refractivity contribution >= 4 is 17.7 Å². The predicted molar refractivity (Wildman–Crippen MR) is 115 cm³/mol. The van der Waals surface area contributed by atoms with Gasteiger partial charge in [0.05, 0.1) is 0 Å². The highest BCUT2D eigenvalue weighted by Gasteiger charge is 2.11. The maximum Gasteiger partial charge on any atom is 0.266 e. The largest absolute Gasteiger partial charge is 0.489 e. The number of nitrogens with zero attached hydrogens (tertiary/aromatic N) is 1. The second-order valence-corrected chi connectivity index (χ2v) is 6.48. The van der Waals surface area contributed by atoms with Crippen molar-refractivity contribution in [3.8, 4) is 11.8 Å². The molecule has 0 unspecified atom stereocenters. The highest BCUT2D eigenvalue weighted by molar-refractivity contribution is 6.10. The van der Waals surface area contributed by atoms with Crippen molar-refractivity contribution in [2.75, 3.05) is 5.32 Å². The van der Waals surface area contributed by atoms with Gasteiger partial charge < -0.3 is 10.1 Å². The molecule has 0 atom stereocenters. The van der Waals surface area contributed by atoms with Crippen molar-refractivity contribution in [3.63, 3.8) is 0 Å². The van der Waals surface area contributed by atoms with E-state index in [9.17, 15) is 10.1 Å². The zero-order valence-corrected chi connectivity index (χ0v) is 16.3. The van der Waals surface area contributed by atoms with Gasteiger partial charge in [-0.1, -0.05) is 67.6 Å². The molecule has 3 aromatic carbocycles. The molecule has 0 aromatic heterocycles. The smallest absolute Gasteiger partial charge is 0.266 e. The Balaban J connectivity index is 1.73. The fourth-order valence-electron chi connectivity index (χ4n) is 2.89. The first-order valence-electron chi connectivity index (χ1n) is 9.47. The van der Waals surface area contributed by atoms with Crippen LogP contribution < -0.4 is 10.1 Å². The van der Waals surface area contributed by atoms with Gasteiger partial charge in [-0.3, -0.25) is 4.79 Å². The molecule has 1 N–H and O–H groups in total. The molecule has 29 heavy (non-hydrogen) atoms. The first kappa shape index (κ1) is 19.9. The lowest BCUT2D eigenvalue weighted by molar-refractivity contribution is -0.112. The van der Waals surface area contributed by atoms with Gasteiger partial charge in [-0.05, 0) is 47.4 Å². The van der Waals surface area contributed by atoms with E-state index in [-0.39, 0.29) is 5.57 Å². The molecule has 0 saturated carbocycles. The summed E-state index contributed by atoms with van der Waals surface area (Å²) in [6.07, 6.45) is 2.36. The number of rotatable bonds is 7. The van der Waals surface area contributed by atoms with Gasteiger partial charge in [-0.25, -0.2) is 0 Å². The van der Waals surface area contributed by atoms with Crippen LogP contribution in [0.4, 0.5) is 5.69 Å². The van der Waals surface area contributed by atoms with Gasteiger partial charge in [0.15, 0.2) is 0 Å². The van der Waals surface area contributed by atoms with Crippen molar-refractivity contribution in [2.45, 2.75) is 20.0 Å². The second kappa shape index (κ2) is 9.91. The number of anilines is 1. The van der Waals surface area contributed by atoms with Crippen LogP contribution in [0.1, 0.15) is 23.6 Å². The summed E-state index contributed by atoms with van der Waals surface area (Å²) in [6.45, 7) is 2.47. The molecule has 0 spiro atoms. The normalized spacial score (nSPS) is 10.8. The summed E-state index contributed by atoms with van der Waals surface area (Å²) in [5, 5.41) is 12.3. The Kier molecular flexibility index (Phi) is 6.80. The third-order valence-corrected chi connectivity index (χ3v) is 4.43. The van der Waals surface area contributed by atoms with E-state index in [2.05, 4.69) is 5.32 Å². The zero-order chi connectivity index (χ0) is 20.5. The Morgan fingerprint density at radius 1 is 1.03 bits per heavy atom. The Hall–Kier alpha value is -3.84. The minimum Gasteiger partial charge on any atom is -0.489 e. The summed E-state index contributed by atoms with van der Waals surface area (Å²) < 4.78 is 5.82. The quantitative estimate of drug-likeness (QED) is 0.441. The molecule has 0 aliphatic rings. The second-order valence-electron chi connectivity index (χ2n) is 6.48. The van der Waals surface area contributed by atoms with Crippen LogP contribution in [-0.4, -0.2) is 5.91 Å². The molecule has 0 bridgehead atoms. The molecule has 3 aromatic rings. The SMILES string of the molecule is CCc1ccccc1NC(=O)/C(C#N)=C\c1cccc(OCc2ccccc2)c1. The molecule has 144 valence electrons. The lowest BCUT2D eigenvalue weighted by atomic mass is 10.1. The number of nitrogens with one attached hydrogen (secondary N) is 1. The Morgan fingerprint density at radius 3 is 2.55 bits per heavy atom. The summed E-state index contributed by atoms with van der Waals surface area (Å²) in [5.74, 6) is 0.251. The number of hydrogen-bond donors (Lipinski definition) is 1. The standard InChI is InChI=1S/C25H22N2O2/c1-2-21-12-6-7-14-24(21)27-25(28)22(17-26)15-20-11-8-13-23(16-20)29-18-19-9-4-3-5-10-19/h3-16H,2,18H2,1H3,(H,27,28)/b22-15-. The molecule has 0 heterocycles. The molecule has 0 aliphatic heterocycles. The van der Waals surface area contributed by atoms with Gasteiger partial charge in [-0.15, -0.1) is 0 Å². The fourth-order valence-corrected chi connectivity index (χ4v) is 2.89. The van der Waals surface area contributed by atoms with E-state index in [1.54, 1.807) is 6.08 Å². The van der Waals surface area contributed by atoms with Crippen LogP contribution in [0.5, 0.6) is 5.75 Å². The molecular formula is C25H22N2O2. The molecule has 3 rings (SSSR count). The van der Waals surface area contributed by atoms with Crippen LogP contribution in [0, 0.1) is 11.3 Å². The van der Waals surface area contributed by atoms with Gasteiger partial charge in [0.25, 0.3) is 5.91 Å². The minimum atomic E-state index is -0.427. The third-order valence-electron chi connectivity index (χ3n) is 4.43. The van der Waals surface area contributed by atoms with E-state index in [1.807, 2.05) is 91.9 Å². The number of para-hydroxylation sites is 1. The van der Waals surface area contributed by atoms with Crippen molar-refractivity contribution in [2.24, 2.45) is 0 Å². The van der Waals surface area contributed by atoms with E-state index in [0.29, 0.717) is 12.4 Å². The number of amides is 1. The van der Waals surface area contributed by atoms with Crippen molar-refractivity contribution < 1.29 is 9.53 Å². The third kappa shape index (κ3) is 5.57. The molecule has 0 aliphatic carbocycles. The maximum atomic E-state index is 12.6. The number of nitriles is 1. The first-order chi connectivity index (χ1) is 14.2.